The van der Waals surface area contributed by atoms with Crippen LogP contribution in [0, 0.1) is 0 Å². The van der Waals surface area contributed by atoms with Gasteiger partial charge in [-0.2, -0.15) is 0 Å². The van der Waals surface area contributed by atoms with Crippen molar-refractivity contribution >= 4 is 33.7 Å². The van der Waals surface area contributed by atoms with Crippen molar-refractivity contribution in [3.8, 4) is 22.1 Å². The van der Waals surface area contributed by atoms with E-state index in [4.69, 9.17) is 9.47 Å². The van der Waals surface area contributed by atoms with Crippen LogP contribution in [0.1, 0.15) is 30.5 Å². The second kappa shape index (κ2) is 9.61. The zero-order valence-electron chi connectivity index (χ0n) is 16.0. The smallest absolute Gasteiger partial charge is 0.232 e. The molecule has 3 rings (SSSR count). The fourth-order valence-electron chi connectivity index (χ4n) is 2.55. The van der Waals surface area contributed by atoms with Gasteiger partial charge in [-0.3, -0.25) is 4.79 Å². The van der Waals surface area contributed by atoms with Gasteiger partial charge in [0.1, 0.15) is 10.0 Å². The first-order valence-electron chi connectivity index (χ1n) is 8.92. The highest BCUT2D eigenvalue weighted by Gasteiger charge is 2.13. The molecule has 148 valence electrons. The van der Waals surface area contributed by atoms with Crippen molar-refractivity contribution in [3.05, 3.63) is 34.3 Å². The lowest BCUT2D eigenvalue weighted by atomic mass is 10.2. The van der Waals surface area contributed by atoms with E-state index < -0.39 is 0 Å². The lowest BCUT2D eigenvalue weighted by Crippen LogP contribution is -2.14. The first-order valence-corrected chi connectivity index (χ1v) is 10.6. The van der Waals surface area contributed by atoms with Crippen LogP contribution in [0.15, 0.2) is 23.6 Å². The van der Waals surface area contributed by atoms with Gasteiger partial charge in [-0.05, 0) is 24.6 Å². The average Bonchev–Trinajstić information content (AvgIpc) is 3.35. The number of amides is 1. The summed E-state index contributed by atoms with van der Waals surface area (Å²) in [4.78, 5) is 16.9. The summed E-state index contributed by atoms with van der Waals surface area (Å²) in [5.41, 5.74) is 1.63. The number of ether oxygens (including phenoxy) is 2. The normalized spacial score (nSPS) is 10.7. The summed E-state index contributed by atoms with van der Waals surface area (Å²) >= 11 is 2.91. The van der Waals surface area contributed by atoms with E-state index in [0.717, 1.165) is 34.8 Å². The predicted octanol–water partition coefficient (Wildman–Crippen LogP) is 4.20. The van der Waals surface area contributed by atoms with Crippen molar-refractivity contribution in [2.24, 2.45) is 0 Å². The van der Waals surface area contributed by atoms with E-state index in [-0.39, 0.29) is 12.3 Å². The number of anilines is 1. The van der Waals surface area contributed by atoms with Crippen molar-refractivity contribution in [2.75, 3.05) is 19.5 Å². The monoisotopic (exact) mass is 418 g/mol. The van der Waals surface area contributed by atoms with E-state index in [1.165, 1.54) is 22.7 Å². The maximum atomic E-state index is 12.3. The summed E-state index contributed by atoms with van der Waals surface area (Å²) in [6, 6.07) is 5.64. The van der Waals surface area contributed by atoms with Gasteiger partial charge in [0.25, 0.3) is 0 Å². The third-order valence-corrected chi connectivity index (χ3v) is 5.82. The van der Waals surface area contributed by atoms with Crippen LogP contribution >= 0.6 is 22.7 Å². The third kappa shape index (κ3) is 5.05. The maximum Gasteiger partial charge on any atom is 0.232 e. The Hall–Kier alpha value is -2.52. The Balaban J connectivity index is 1.62. The molecule has 9 heteroatoms. The Morgan fingerprint density at radius 1 is 1.18 bits per heavy atom. The molecule has 0 aliphatic rings. The number of hydrogen-bond acceptors (Lipinski definition) is 8. The third-order valence-electron chi connectivity index (χ3n) is 3.98. The van der Waals surface area contributed by atoms with E-state index in [1.54, 1.807) is 14.2 Å². The highest BCUT2D eigenvalue weighted by Crippen LogP contribution is 2.33. The quantitative estimate of drug-likeness (QED) is 0.560. The van der Waals surface area contributed by atoms with Gasteiger partial charge in [-0.25, -0.2) is 4.98 Å². The van der Waals surface area contributed by atoms with Crippen LogP contribution in [0.25, 0.3) is 10.6 Å². The molecule has 0 aliphatic carbocycles. The van der Waals surface area contributed by atoms with E-state index in [0.29, 0.717) is 22.3 Å². The van der Waals surface area contributed by atoms with Gasteiger partial charge in [0.15, 0.2) is 11.5 Å². The SMILES string of the molecule is CCCCc1nnc(NC(=O)Cc2csc(-c3ccc(OC)c(OC)c3)n2)s1. The van der Waals surface area contributed by atoms with Gasteiger partial charge in [0.2, 0.25) is 11.0 Å². The predicted molar refractivity (Wildman–Crippen MR) is 112 cm³/mol. The van der Waals surface area contributed by atoms with Crippen molar-refractivity contribution in [3.63, 3.8) is 0 Å². The lowest BCUT2D eigenvalue weighted by molar-refractivity contribution is -0.115. The van der Waals surface area contributed by atoms with Gasteiger partial charge in [-0.1, -0.05) is 24.7 Å². The fourth-order valence-corrected chi connectivity index (χ4v) is 4.17. The molecule has 0 fully saturated rings. The second-order valence-electron chi connectivity index (χ2n) is 6.04. The summed E-state index contributed by atoms with van der Waals surface area (Å²) < 4.78 is 10.6. The van der Waals surface area contributed by atoms with Crippen LogP contribution in [0.2, 0.25) is 0 Å². The summed E-state index contributed by atoms with van der Waals surface area (Å²) in [7, 11) is 3.20. The number of benzene rings is 1. The Labute approximate surface area is 171 Å². The maximum absolute atomic E-state index is 12.3. The summed E-state index contributed by atoms with van der Waals surface area (Å²) in [5, 5.41) is 15.1. The molecule has 1 N–H and O–H groups in total. The van der Waals surface area contributed by atoms with E-state index in [1.807, 2.05) is 23.6 Å². The molecule has 2 aromatic heterocycles. The molecule has 0 spiro atoms. The van der Waals surface area contributed by atoms with Crippen molar-refractivity contribution in [2.45, 2.75) is 32.6 Å². The Kier molecular flexibility index (Phi) is 6.94. The number of nitrogens with zero attached hydrogens (tertiary/aromatic N) is 3. The minimum Gasteiger partial charge on any atom is -0.493 e. The molecule has 0 aliphatic heterocycles. The van der Waals surface area contributed by atoms with Gasteiger partial charge in [0, 0.05) is 17.4 Å². The van der Waals surface area contributed by atoms with Crippen molar-refractivity contribution < 1.29 is 14.3 Å². The number of rotatable bonds is 9. The standard InChI is InChI=1S/C19H22N4O3S2/c1-4-5-6-17-22-23-19(28-17)21-16(24)10-13-11-27-18(20-13)12-7-8-14(25-2)15(9-12)26-3/h7-9,11H,4-6,10H2,1-3H3,(H,21,23,24). The molecule has 0 bridgehead atoms. The molecular weight excluding hydrogens is 396 g/mol. The largest absolute Gasteiger partial charge is 0.493 e. The molecule has 7 nitrogen and oxygen atoms in total. The Bertz CT molecular complexity index is 939. The number of hydrogen-bond donors (Lipinski definition) is 1. The van der Waals surface area contributed by atoms with E-state index in [9.17, 15) is 4.79 Å². The van der Waals surface area contributed by atoms with Gasteiger partial charge < -0.3 is 14.8 Å². The topological polar surface area (TPSA) is 86.2 Å². The van der Waals surface area contributed by atoms with Gasteiger partial charge >= 0.3 is 0 Å². The average molecular weight is 419 g/mol. The molecule has 0 radical (unpaired) electrons. The van der Waals surface area contributed by atoms with Crippen LogP contribution in [0.5, 0.6) is 11.5 Å². The number of thiazole rings is 1. The lowest BCUT2D eigenvalue weighted by Gasteiger charge is -2.08. The zero-order valence-corrected chi connectivity index (χ0v) is 17.7. The fraction of sp³-hybridized carbons (Fsp3) is 0.368. The van der Waals surface area contributed by atoms with E-state index in [2.05, 4.69) is 27.4 Å². The van der Waals surface area contributed by atoms with Crippen LogP contribution < -0.4 is 14.8 Å². The molecular formula is C19H22N4O3S2. The van der Waals surface area contributed by atoms with Gasteiger partial charge in [0.05, 0.1) is 26.3 Å². The van der Waals surface area contributed by atoms with Crippen LogP contribution in [-0.2, 0) is 17.6 Å². The number of aryl methyl sites for hydroxylation is 1. The summed E-state index contributed by atoms with van der Waals surface area (Å²) in [6.07, 6.45) is 3.26. The molecule has 0 unspecified atom stereocenters. The molecule has 3 aromatic rings. The molecule has 0 atom stereocenters. The Morgan fingerprint density at radius 3 is 2.75 bits per heavy atom. The molecule has 2 heterocycles. The number of nitrogens with one attached hydrogen (secondary N) is 1. The minimum absolute atomic E-state index is 0.151. The van der Waals surface area contributed by atoms with Crippen molar-refractivity contribution in [1.82, 2.24) is 15.2 Å². The molecule has 0 saturated carbocycles. The van der Waals surface area contributed by atoms with Crippen LogP contribution in [0.4, 0.5) is 5.13 Å². The number of aromatic nitrogens is 3. The second-order valence-corrected chi connectivity index (χ2v) is 7.96. The number of carbonyl (C=O) groups is 1. The zero-order chi connectivity index (χ0) is 19.9. The number of methoxy groups -OCH3 is 2. The van der Waals surface area contributed by atoms with Crippen LogP contribution in [-0.4, -0.2) is 35.3 Å². The number of carbonyl (C=O) groups excluding carboxylic acids is 1. The van der Waals surface area contributed by atoms with Gasteiger partial charge in [-0.15, -0.1) is 21.5 Å². The summed E-state index contributed by atoms with van der Waals surface area (Å²) in [6.45, 7) is 2.13. The van der Waals surface area contributed by atoms with Crippen molar-refractivity contribution in [1.29, 1.82) is 0 Å². The first-order chi connectivity index (χ1) is 13.6. The van der Waals surface area contributed by atoms with Crippen LogP contribution in [0.3, 0.4) is 0 Å². The highest BCUT2D eigenvalue weighted by atomic mass is 32.1. The number of unbranched alkanes of at least 4 members (excludes halogenated alkanes) is 1. The Morgan fingerprint density at radius 2 is 2.00 bits per heavy atom. The molecule has 28 heavy (non-hydrogen) atoms. The van der Waals surface area contributed by atoms with E-state index >= 15 is 0 Å². The highest BCUT2D eigenvalue weighted by molar-refractivity contribution is 7.15. The molecule has 0 saturated heterocycles. The molecule has 1 amide bonds. The minimum atomic E-state index is -0.151. The summed E-state index contributed by atoms with van der Waals surface area (Å²) in [5.74, 6) is 1.16. The first kappa shape index (κ1) is 20.2. The molecule has 1 aromatic carbocycles.